The molecule has 0 aliphatic carbocycles. The fraction of sp³-hybridized carbons (Fsp3) is 0.571. The molecule has 2 rings (SSSR count). The molecule has 0 saturated carbocycles. The number of rotatable bonds is 5. The molecule has 0 atom stereocenters. The van der Waals surface area contributed by atoms with Gasteiger partial charge < -0.3 is 10.2 Å². The second kappa shape index (κ2) is 6.53. The van der Waals surface area contributed by atoms with E-state index in [1.54, 1.807) is 0 Å². The van der Waals surface area contributed by atoms with Gasteiger partial charge in [-0.2, -0.15) is 0 Å². The van der Waals surface area contributed by atoms with E-state index in [2.05, 4.69) is 51.3 Å². The Morgan fingerprint density at radius 2 is 2.06 bits per heavy atom. The predicted octanol–water partition coefficient (Wildman–Crippen LogP) is 2.94. The molecule has 0 spiro atoms. The van der Waals surface area contributed by atoms with Crippen LogP contribution >= 0.6 is 15.9 Å². The van der Waals surface area contributed by atoms with E-state index in [1.807, 2.05) is 0 Å². The first-order valence-electron chi connectivity index (χ1n) is 6.44. The topological polar surface area (TPSA) is 15.3 Å². The molecular weight excluding hydrogens is 276 g/mol. The van der Waals surface area contributed by atoms with E-state index in [-0.39, 0.29) is 0 Å². The molecule has 0 amide bonds. The molecule has 1 aromatic carbocycles. The van der Waals surface area contributed by atoms with Crippen molar-refractivity contribution >= 4 is 15.9 Å². The normalized spacial score (nSPS) is 16.6. The van der Waals surface area contributed by atoms with Crippen molar-refractivity contribution in [3.63, 3.8) is 0 Å². The van der Waals surface area contributed by atoms with Crippen LogP contribution in [0.4, 0.5) is 0 Å². The largest absolute Gasteiger partial charge is 0.311 e. The lowest BCUT2D eigenvalue weighted by Gasteiger charge is -2.15. The minimum atomic E-state index is 0.971. The quantitative estimate of drug-likeness (QED) is 0.841. The van der Waals surface area contributed by atoms with Gasteiger partial charge in [-0.05, 0) is 56.1 Å². The van der Waals surface area contributed by atoms with Crippen LogP contribution in [0.5, 0.6) is 0 Å². The van der Waals surface area contributed by atoms with E-state index >= 15 is 0 Å². The maximum Gasteiger partial charge on any atom is 0.0209 e. The Morgan fingerprint density at radius 1 is 1.29 bits per heavy atom. The van der Waals surface area contributed by atoms with Gasteiger partial charge in [0.05, 0.1) is 0 Å². The maximum absolute atomic E-state index is 3.53. The second-order valence-corrected chi connectivity index (χ2v) is 5.71. The van der Waals surface area contributed by atoms with Crippen molar-refractivity contribution in [2.24, 2.45) is 0 Å². The van der Waals surface area contributed by atoms with Crippen LogP contribution in [0, 0.1) is 6.92 Å². The van der Waals surface area contributed by atoms with Crippen LogP contribution in [0.3, 0.4) is 0 Å². The van der Waals surface area contributed by atoms with Crippen LogP contribution in [0.2, 0.25) is 0 Å². The van der Waals surface area contributed by atoms with Crippen molar-refractivity contribution in [3.05, 3.63) is 33.8 Å². The molecule has 3 heteroatoms. The molecule has 0 aromatic heterocycles. The van der Waals surface area contributed by atoms with Gasteiger partial charge in [-0.25, -0.2) is 0 Å². The van der Waals surface area contributed by atoms with Crippen molar-refractivity contribution in [3.8, 4) is 0 Å². The van der Waals surface area contributed by atoms with E-state index in [0.29, 0.717) is 0 Å². The van der Waals surface area contributed by atoms with E-state index < -0.39 is 0 Å². The van der Waals surface area contributed by atoms with Crippen LogP contribution in [0.1, 0.15) is 24.0 Å². The Bertz CT molecular complexity index is 359. The predicted molar refractivity (Wildman–Crippen MR) is 76.3 cm³/mol. The highest BCUT2D eigenvalue weighted by atomic mass is 79.9. The summed E-state index contributed by atoms with van der Waals surface area (Å²) in [4.78, 5) is 2.54. The summed E-state index contributed by atoms with van der Waals surface area (Å²) in [5.74, 6) is 0. The average Bonchev–Trinajstić information content (AvgIpc) is 2.82. The van der Waals surface area contributed by atoms with Crippen LogP contribution in [0.15, 0.2) is 22.7 Å². The van der Waals surface area contributed by atoms with Gasteiger partial charge >= 0.3 is 0 Å². The molecule has 1 heterocycles. The molecule has 0 unspecified atom stereocenters. The summed E-state index contributed by atoms with van der Waals surface area (Å²) in [5, 5.41) is 3.53. The number of hydrogen-bond acceptors (Lipinski definition) is 2. The molecule has 17 heavy (non-hydrogen) atoms. The highest BCUT2D eigenvalue weighted by Crippen LogP contribution is 2.15. The van der Waals surface area contributed by atoms with Gasteiger partial charge in [-0.1, -0.05) is 22.0 Å². The fourth-order valence-electron chi connectivity index (χ4n) is 2.30. The Kier molecular flexibility index (Phi) is 5.01. The number of benzene rings is 1. The number of aryl methyl sites for hydroxylation is 1. The number of likely N-dealkylation sites (tertiary alicyclic amines) is 1. The van der Waals surface area contributed by atoms with Crippen LogP contribution in [-0.2, 0) is 6.54 Å². The molecule has 1 aromatic rings. The maximum atomic E-state index is 3.53. The van der Waals surface area contributed by atoms with Gasteiger partial charge in [0.1, 0.15) is 0 Å². The van der Waals surface area contributed by atoms with Crippen LogP contribution in [0.25, 0.3) is 0 Å². The van der Waals surface area contributed by atoms with Crippen LogP contribution < -0.4 is 5.32 Å². The summed E-state index contributed by atoms with van der Waals surface area (Å²) >= 11 is 3.52. The molecule has 1 saturated heterocycles. The summed E-state index contributed by atoms with van der Waals surface area (Å²) in [7, 11) is 0. The van der Waals surface area contributed by atoms with Crippen molar-refractivity contribution in [1.29, 1.82) is 0 Å². The molecular formula is C14H21BrN2. The van der Waals surface area contributed by atoms with Crippen LogP contribution in [-0.4, -0.2) is 31.1 Å². The summed E-state index contributed by atoms with van der Waals surface area (Å²) < 4.78 is 1.17. The van der Waals surface area contributed by atoms with Crippen molar-refractivity contribution in [2.45, 2.75) is 26.3 Å². The summed E-state index contributed by atoms with van der Waals surface area (Å²) in [6.07, 6.45) is 2.76. The molecule has 0 bridgehead atoms. The highest BCUT2D eigenvalue weighted by molar-refractivity contribution is 9.10. The minimum absolute atomic E-state index is 0.971. The zero-order valence-electron chi connectivity index (χ0n) is 10.5. The lowest BCUT2D eigenvalue weighted by molar-refractivity contribution is 0.335. The van der Waals surface area contributed by atoms with Gasteiger partial charge in [-0.3, -0.25) is 0 Å². The minimum Gasteiger partial charge on any atom is -0.311 e. The van der Waals surface area contributed by atoms with Gasteiger partial charge in [0, 0.05) is 24.1 Å². The summed E-state index contributed by atoms with van der Waals surface area (Å²) in [6, 6.07) is 6.48. The Morgan fingerprint density at radius 3 is 2.82 bits per heavy atom. The third kappa shape index (κ3) is 4.09. The molecule has 1 fully saturated rings. The Balaban J connectivity index is 1.72. The van der Waals surface area contributed by atoms with Gasteiger partial charge in [-0.15, -0.1) is 0 Å². The molecule has 1 aliphatic heterocycles. The third-order valence-corrected chi connectivity index (χ3v) is 3.92. The first kappa shape index (κ1) is 13.1. The molecule has 0 radical (unpaired) electrons. The molecule has 2 nitrogen and oxygen atoms in total. The van der Waals surface area contributed by atoms with Crippen molar-refractivity contribution in [2.75, 3.05) is 26.2 Å². The lowest BCUT2D eigenvalue weighted by Crippen LogP contribution is -2.29. The van der Waals surface area contributed by atoms with E-state index in [1.165, 1.54) is 48.1 Å². The first-order valence-corrected chi connectivity index (χ1v) is 7.23. The Hall–Kier alpha value is -0.380. The number of halogens is 1. The fourth-order valence-corrected chi connectivity index (χ4v) is 2.71. The third-order valence-electron chi connectivity index (χ3n) is 3.43. The van der Waals surface area contributed by atoms with Crippen molar-refractivity contribution in [1.82, 2.24) is 10.2 Å². The monoisotopic (exact) mass is 296 g/mol. The van der Waals surface area contributed by atoms with Gasteiger partial charge in [0.2, 0.25) is 0 Å². The zero-order valence-corrected chi connectivity index (χ0v) is 12.1. The number of hydrogen-bond donors (Lipinski definition) is 1. The number of nitrogens with one attached hydrogen (secondary N) is 1. The highest BCUT2D eigenvalue weighted by Gasteiger charge is 2.10. The van der Waals surface area contributed by atoms with Gasteiger partial charge in [0.25, 0.3) is 0 Å². The first-order chi connectivity index (χ1) is 8.25. The van der Waals surface area contributed by atoms with E-state index in [4.69, 9.17) is 0 Å². The molecule has 1 N–H and O–H groups in total. The van der Waals surface area contributed by atoms with E-state index in [9.17, 15) is 0 Å². The molecule has 1 aliphatic rings. The summed E-state index contributed by atoms with van der Waals surface area (Å²) in [5.41, 5.74) is 2.75. The second-order valence-electron chi connectivity index (χ2n) is 4.80. The number of nitrogens with zero attached hydrogens (tertiary/aromatic N) is 1. The smallest absolute Gasteiger partial charge is 0.0209 e. The average molecular weight is 297 g/mol. The summed E-state index contributed by atoms with van der Waals surface area (Å²) in [6.45, 7) is 8.00. The van der Waals surface area contributed by atoms with Crippen molar-refractivity contribution < 1.29 is 0 Å². The zero-order chi connectivity index (χ0) is 12.1. The van der Waals surface area contributed by atoms with E-state index in [0.717, 1.165) is 13.1 Å². The Labute approximate surface area is 113 Å². The lowest BCUT2D eigenvalue weighted by atomic mass is 10.1. The SMILES string of the molecule is Cc1ccc(Br)cc1CNCCN1CCCC1. The molecule has 94 valence electrons. The standard InChI is InChI=1S/C14H21BrN2/c1-12-4-5-14(15)10-13(12)11-16-6-9-17-7-2-3-8-17/h4-5,10,16H,2-3,6-9,11H2,1H3. The van der Waals surface area contributed by atoms with Gasteiger partial charge in [0.15, 0.2) is 0 Å².